The normalized spacial score (nSPS) is 15.5. The zero-order valence-corrected chi connectivity index (χ0v) is 17.4. The number of para-hydroxylation sites is 1. The van der Waals surface area contributed by atoms with Gasteiger partial charge in [0.2, 0.25) is 0 Å². The Kier molecular flexibility index (Phi) is 4.53. The smallest absolute Gasteiger partial charge is 0.344 e. The lowest BCUT2D eigenvalue weighted by atomic mass is 9.88. The molecule has 1 aliphatic heterocycles. The molecule has 0 N–H and O–H groups in total. The maximum absolute atomic E-state index is 12.9. The molecule has 0 fully saturated rings. The van der Waals surface area contributed by atoms with E-state index in [2.05, 4.69) is 15.9 Å². The first-order chi connectivity index (χ1) is 14.1. The number of hydrogen-bond acceptors (Lipinski definition) is 3. The first-order valence-corrected chi connectivity index (χ1v) is 10.2. The molecule has 0 amide bonds. The molecule has 2 heterocycles. The minimum atomic E-state index is -0.391. The van der Waals surface area contributed by atoms with Gasteiger partial charge >= 0.3 is 5.63 Å². The second kappa shape index (κ2) is 7.21. The molecule has 142 valence electrons. The Labute approximate surface area is 180 Å². The molecule has 5 heteroatoms. The van der Waals surface area contributed by atoms with Crippen molar-refractivity contribution in [3.05, 3.63) is 115 Å². The Morgan fingerprint density at radius 3 is 2.38 bits per heavy atom. The van der Waals surface area contributed by atoms with E-state index in [-0.39, 0.29) is 5.92 Å². The van der Waals surface area contributed by atoms with E-state index in [1.54, 1.807) is 6.07 Å². The van der Waals surface area contributed by atoms with E-state index in [1.165, 1.54) is 0 Å². The molecule has 1 aromatic heterocycles. The zero-order valence-electron chi connectivity index (χ0n) is 15.1. The van der Waals surface area contributed by atoms with E-state index in [9.17, 15) is 4.79 Å². The molecule has 29 heavy (non-hydrogen) atoms. The summed E-state index contributed by atoms with van der Waals surface area (Å²) in [6.07, 6.45) is 1.96. The molecular weight excluding hydrogens is 452 g/mol. The van der Waals surface area contributed by atoms with Crippen LogP contribution in [0.1, 0.15) is 22.6 Å². The molecular formula is C24H14BrClO3. The van der Waals surface area contributed by atoms with Crippen LogP contribution in [-0.4, -0.2) is 0 Å². The summed E-state index contributed by atoms with van der Waals surface area (Å²) in [5.74, 6) is 0.924. The molecule has 0 bridgehead atoms. The monoisotopic (exact) mass is 464 g/mol. The molecule has 0 aliphatic carbocycles. The average Bonchev–Trinajstić information content (AvgIpc) is 2.74. The fourth-order valence-electron chi connectivity index (χ4n) is 3.60. The summed E-state index contributed by atoms with van der Waals surface area (Å²) in [4.78, 5) is 12.9. The van der Waals surface area contributed by atoms with Gasteiger partial charge in [-0.05, 0) is 60.2 Å². The number of halogens is 2. The van der Waals surface area contributed by atoms with Gasteiger partial charge in [0.25, 0.3) is 0 Å². The molecule has 1 atom stereocenters. The van der Waals surface area contributed by atoms with Crippen molar-refractivity contribution in [2.45, 2.75) is 5.92 Å². The highest BCUT2D eigenvalue weighted by Gasteiger charge is 2.30. The van der Waals surface area contributed by atoms with Gasteiger partial charge in [-0.2, -0.15) is 0 Å². The first kappa shape index (κ1) is 18.2. The molecule has 1 aliphatic rings. The van der Waals surface area contributed by atoms with Gasteiger partial charge in [0, 0.05) is 21.0 Å². The van der Waals surface area contributed by atoms with Gasteiger partial charge in [-0.25, -0.2) is 4.79 Å². The van der Waals surface area contributed by atoms with Crippen molar-refractivity contribution >= 4 is 44.3 Å². The molecule has 5 rings (SSSR count). The maximum atomic E-state index is 12.9. The quantitative estimate of drug-likeness (QED) is 0.307. The van der Waals surface area contributed by atoms with Gasteiger partial charge in [0.15, 0.2) is 0 Å². The predicted molar refractivity (Wildman–Crippen MR) is 119 cm³/mol. The lowest BCUT2D eigenvalue weighted by Crippen LogP contribution is -2.19. The Balaban J connectivity index is 1.77. The van der Waals surface area contributed by atoms with E-state index in [1.807, 2.05) is 72.8 Å². The van der Waals surface area contributed by atoms with E-state index >= 15 is 0 Å². The van der Waals surface area contributed by atoms with E-state index in [0.717, 1.165) is 21.0 Å². The fraction of sp³-hybridized carbons (Fsp3) is 0.0417. The highest BCUT2D eigenvalue weighted by atomic mass is 79.9. The SMILES string of the molecule is O=c1oc2ccccc2c2c1C(c1ccc(Br)cc1)C=C(c1ccc(Cl)cc1)O2. The van der Waals surface area contributed by atoms with Crippen LogP contribution in [0, 0.1) is 0 Å². The van der Waals surface area contributed by atoms with Gasteiger partial charge in [0.1, 0.15) is 17.1 Å². The Hall–Kier alpha value is -2.82. The third kappa shape index (κ3) is 3.28. The molecule has 1 unspecified atom stereocenters. The van der Waals surface area contributed by atoms with Crippen LogP contribution in [0.2, 0.25) is 5.02 Å². The van der Waals surface area contributed by atoms with Crippen molar-refractivity contribution in [3.63, 3.8) is 0 Å². The number of ether oxygens (including phenoxy) is 1. The zero-order chi connectivity index (χ0) is 20.0. The molecule has 4 aromatic rings. The largest absolute Gasteiger partial charge is 0.456 e. The fourth-order valence-corrected chi connectivity index (χ4v) is 3.99. The van der Waals surface area contributed by atoms with Gasteiger partial charge in [-0.1, -0.05) is 51.8 Å². The summed E-state index contributed by atoms with van der Waals surface area (Å²) < 4.78 is 12.9. The van der Waals surface area contributed by atoms with Crippen LogP contribution in [0.4, 0.5) is 0 Å². The average molecular weight is 466 g/mol. The second-order valence-electron chi connectivity index (χ2n) is 6.80. The highest BCUT2D eigenvalue weighted by molar-refractivity contribution is 9.10. The van der Waals surface area contributed by atoms with Crippen molar-refractivity contribution < 1.29 is 9.15 Å². The molecule has 0 saturated heterocycles. The second-order valence-corrected chi connectivity index (χ2v) is 8.15. The van der Waals surface area contributed by atoms with Crippen molar-refractivity contribution in [1.29, 1.82) is 0 Å². The van der Waals surface area contributed by atoms with E-state index in [0.29, 0.717) is 27.7 Å². The van der Waals surface area contributed by atoms with Crippen molar-refractivity contribution in [3.8, 4) is 5.75 Å². The number of hydrogen-bond donors (Lipinski definition) is 0. The Morgan fingerprint density at radius 2 is 1.62 bits per heavy atom. The Bertz CT molecular complexity index is 1310. The molecule has 0 spiro atoms. The van der Waals surface area contributed by atoms with Crippen LogP contribution in [0.3, 0.4) is 0 Å². The van der Waals surface area contributed by atoms with Crippen LogP contribution < -0.4 is 10.4 Å². The number of fused-ring (bicyclic) bond motifs is 3. The topological polar surface area (TPSA) is 39.4 Å². The lowest BCUT2D eigenvalue weighted by molar-refractivity contribution is 0.472. The minimum absolute atomic E-state index is 0.293. The molecule has 3 nitrogen and oxygen atoms in total. The number of rotatable bonds is 2. The lowest BCUT2D eigenvalue weighted by Gasteiger charge is -2.25. The van der Waals surface area contributed by atoms with Crippen molar-refractivity contribution in [2.24, 2.45) is 0 Å². The molecule has 0 radical (unpaired) electrons. The predicted octanol–water partition coefficient (Wildman–Crippen LogP) is 6.77. The number of benzene rings is 3. The van der Waals surface area contributed by atoms with Crippen molar-refractivity contribution in [1.82, 2.24) is 0 Å². The maximum Gasteiger partial charge on any atom is 0.344 e. The third-order valence-corrected chi connectivity index (χ3v) is 5.78. The van der Waals surface area contributed by atoms with Gasteiger partial charge in [0.05, 0.1) is 10.9 Å². The summed E-state index contributed by atoms with van der Waals surface area (Å²) in [6, 6.07) is 22.8. The number of allylic oxidation sites excluding steroid dienone is 1. The van der Waals surface area contributed by atoms with Gasteiger partial charge < -0.3 is 9.15 Å². The van der Waals surface area contributed by atoms with Gasteiger partial charge in [-0.15, -0.1) is 0 Å². The van der Waals surface area contributed by atoms with Gasteiger partial charge in [-0.3, -0.25) is 0 Å². The van der Waals surface area contributed by atoms with Crippen LogP contribution in [-0.2, 0) is 0 Å². The molecule has 0 saturated carbocycles. The molecule has 3 aromatic carbocycles. The van der Waals surface area contributed by atoms with E-state index < -0.39 is 5.63 Å². The van der Waals surface area contributed by atoms with Crippen LogP contribution in [0.25, 0.3) is 16.7 Å². The summed E-state index contributed by atoms with van der Waals surface area (Å²) in [5.41, 5.74) is 2.48. The third-order valence-electron chi connectivity index (χ3n) is 5.00. The van der Waals surface area contributed by atoms with Crippen LogP contribution in [0.5, 0.6) is 5.75 Å². The standard InChI is InChI=1S/C24H14BrClO3/c25-16-9-5-14(6-10-16)19-13-21(15-7-11-17(26)12-8-15)28-23-18-3-1-2-4-20(18)29-24(27)22(19)23/h1-13,19H. The van der Waals surface area contributed by atoms with Crippen LogP contribution >= 0.6 is 27.5 Å². The van der Waals surface area contributed by atoms with E-state index in [4.69, 9.17) is 20.8 Å². The Morgan fingerprint density at radius 1 is 0.897 bits per heavy atom. The first-order valence-electron chi connectivity index (χ1n) is 9.07. The van der Waals surface area contributed by atoms with Crippen LogP contribution in [0.15, 0.2) is 92.6 Å². The summed E-state index contributed by atoms with van der Waals surface area (Å²) in [5, 5.41) is 1.42. The summed E-state index contributed by atoms with van der Waals surface area (Å²) in [6.45, 7) is 0. The van der Waals surface area contributed by atoms with Crippen molar-refractivity contribution in [2.75, 3.05) is 0 Å². The summed E-state index contributed by atoms with van der Waals surface area (Å²) >= 11 is 9.52. The minimum Gasteiger partial charge on any atom is -0.456 e. The summed E-state index contributed by atoms with van der Waals surface area (Å²) in [7, 11) is 0. The highest BCUT2D eigenvalue weighted by Crippen LogP contribution is 2.43.